The van der Waals surface area contributed by atoms with Crippen molar-refractivity contribution in [2.24, 2.45) is 17.8 Å². The minimum absolute atomic E-state index is 0.0980. The van der Waals surface area contributed by atoms with Crippen LogP contribution in [0.4, 0.5) is 4.79 Å². The van der Waals surface area contributed by atoms with Crippen LogP contribution >= 0.6 is 0 Å². The maximum absolute atomic E-state index is 12.3. The smallest absolute Gasteiger partial charge is 0.407 e. The van der Waals surface area contributed by atoms with Crippen LogP contribution in [0.3, 0.4) is 0 Å². The highest BCUT2D eigenvalue weighted by Crippen LogP contribution is 2.48. The van der Waals surface area contributed by atoms with Gasteiger partial charge in [-0.3, -0.25) is 0 Å². The first-order valence-corrected chi connectivity index (χ1v) is 9.97. The van der Waals surface area contributed by atoms with Crippen molar-refractivity contribution < 1.29 is 14.6 Å². The van der Waals surface area contributed by atoms with Gasteiger partial charge in [0.1, 0.15) is 6.61 Å². The average Bonchev–Trinajstić information content (AvgIpc) is 3.35. The van der Waals surface area contributed by atoms with E-state index in [-0.39, 0.29) is 18.1 Å². The third kappa shape index (κ3) is 2.92. The molecule has 2 aromatic carbocycles. The van der Waals surface area contributed by atoms with Crippen LogP contribution in [0.25, 0.3) is 11.1 Å². The predicted octanol–water partition coefficient (Wildman–Crippen LogP) is 3.93. The molecule has 140 valence electrons. The van der Waals surface area contributed by atoms with Crippen molar-refractivity contribution >= 4 is 6.09 Å². The molecule has 3 aliphatic carbocycles. The number of aliphatic hydroxyl groups is 1. The van der Waals surface area contributed by atoms with Crippen LogP contribution in [-0.2, 0) is 4.74 Å². The predicted molar refractivity (Wildman–Crippen MR) is 103 cm³/mol. The molecule has 0 radical (unpaired) electrons. The number of aliphatic hydroxyl groups excluding tert-OH is 1. The Balaban J connectivity index is 1.20. The zero-order chi connectivity index (χ0) is 18.4. The van der Waals surface area contributed by atoms with Crippen LogP contribution in [0, 0.1) is 17.8 Å². The highest BCUT2D eigenvalue weighted by molar-refractivity contribution is 5.79. The first kappa shape index (κ1) is 16.8. The highest BCUT2D eigenvalue weighted by atomic mass is 16.5. The lowest BCUT2D eigenvalue weighted by molar-refractivity contribution is 0.0931. The van der Waals surface area contributed by atoms with E-state index in [1.807, 2.05) is 12.1 Å². The second-order valence-electron chi connectivity index (χ2n) is 8.26. The summed E-state index contributed by atoms with van der Waals surface area (Å²) in [5, 5.41) is 12.8. The number of amides is 1. The fraction of sp³-hybridized carbons (Fsp3) is 0.435. The van der Waals surface area contributed by atoms with E-state index < -0.39 is 0 Å². The molecule has 0 aliphatic heterocycles. The fourth-order valence-electron chi connectivity index (χ4n) is 5.48. The quantitative estimate of drug-likeness (QED) is 0.865. The van der Waals surface area contributed by atoms with Crippen molar-refractivity contribution in [2.75, 3.05) is 13.2 Å². The number of nitrogens with one attached hydrogen (secondary N) is 1. The second kappa shape index (κ2) is 6.68. The highest BCUT2D eigenvalue weighted by Gasteiger charge is 2.45. The summed E-state index contributed by atoms with van der Waals surface area (Å²) in [7, 11) is 0. The summed E-state index contributed by atoms with van der Waals surface area (Å²) in [6.45, 7) is 1.01. The van der Waals surface area contributed by atoms with Gasteiger partial charge in [-0.1, -0.05) is 48.5 Å². The van der Waals surface area contributed by atoms with E-state index in [2.05, 4.69) is 41.7 Å². The second-order valence-corrected chi connectivity index (χ2v) is 8.26. The molecule has 3 aliphatic rings. The van der Waals surface area contributed by atoms with Gasteiger partial charge in [0.15, 0.2) is 0 Å². The van der Waals surface area contributed by atoms with E-state index in [0.717, 1.165) is 19.3 Å². The Labute approximate surface area is 159 Å². The third-order valence-electron chi connectivity index (χ3n) is 6.82. The van der Waals surface area contributed by atoms with Gasteiger partial charge in [0, 0.05) is 12.5 Å². The van der Waals surface area contributed by atoms with Crippen LogP contribution in [-0.4, -0.2) is 30.5 Å². The zero-order valence-corrected chi connectivity index (χ0v) is 15.3. The monoisotopic (exact) mass is 363 g/mol. The van der Waals surface area contributed by atoms with Crippen molar-refractivity contribution in [3.8, 4) is 11.1 Å². The minimum atomic E-state index is -0.333. The van der Waals surface area contributed by atoms with Gasteiger partial charge in [-0.15, -0.1) is 0 Å². The lowest BCUT2D eigenvalue weighted by atomic mass is 9.87. The molecular weight excluding hydrogens is 338 g/mol. The molecule has 0 saturated heterocycles. The van der Waals surface area contributed by atoms with Gasteiger partial charge >= 0.3 is 6.09 Å². The molecule has 0 aromatic heterocycles. The Morgan fingerprint density at radius 3 is 2.22 bits per heavy atom. The first-order valence-electron chi connectivity index (χ1n) is 9.97. The van der Waals surface area contributed by atoms with Crippen LogP contribution < -0.4 is 5.32 Å². The Kier molecular flexibility index (Phi) is 4.16. The van der Waals surface area contributed by atoms with E-state index in [0.29, 0.717) is 30.9 Å². The molecule has 2 bridgehead atoms. The molecule has 4 heteroatoms. The Morgan fingerprint density at radius 2 is 1.63 bits per heavy atom. The van der Waals surface area contributed by atoms with Crippen molar-refractivity contribution in [1.29, 1.82) is 0 Å². The Bertz CT molecular complexity index is 817. The summed E-state index contributed by atoms with van der Waals surface area (Å²) in [5.74, 6) is 1.57. The van der Waals surface area contributed by atoms with Crippen LogP contribution in [0.1, 0.15) is 36.3 Å². The van der Waals surface area contributed by atoms with Crippen molar-refractivity contribution in [3.63, 3.8) is 0 Å². The molecule has 1 amide bonds. The van der Waals surface area contributed by atoms with Gasteiger partial charge in [0.05, 0.1) is 6.10 Å². The molecule has 5 rings (SSSR count). The van der Waals surface area contributed by atoms with Crippen LogP contribution in [0.15, 0.2) is 48.5 Å². The number of carbonyl (C=O) groups is 1. The van der Waals surface area contributed by atoms with E-state index >= 15 is 0 Å². The summed E-state index contributed by atoms with van der Waals surface area (Å²) in [6.07, 6.45) is 2.57. The van der Waals surface area contributed by atoms with E-state index in [4.69, 9.17) is 4.74 Å². The fourth-order valence-corrected chi connectivity index (χ4v) is 5.48. The number of hydrogen-bond acceptors (Lipinski definition) is 3. The molecule has 4 nitrogen and oxygen atoms in total. The molecule has 2 N–H and O–H groups in total. The summed E-state index contributed by atoms with van der Waals surface area (Å²) in [4.78, 5) is 12.3. The molecule has 0 spiro atoms. The number of benzene rings is 2. The summed E-state index contributed by atoms with van der Waals surface area (Å²) in [6, 6.07) is 16.7. The van der Waals surface area contributed by atoms with Gasteiger partial charge in [-0.2, -0.15) is 0 Å². The molecular formula is C23H25NO3. The maximum Gasteiger partial charge on any atom is 0.407 e. The van der Waals surface area contributed by atoms with Gasteiger partial charge in [-0.05, 0) is 59.3 Å². The molecule has 2 aromatic rings. The van der Waals surface area contributed by atoms with Crippen molar-refractivity contribution in [1.82, 2.24) is 5.32 Å². The zero-order valence-electron chi connectivity index (χ0n) is 15.3. The van der Waals surface area contributed by atoms with E-state index in [1.165, 1.54) is 22.3 Å². The van der Waals surface area contributed by atoms with Gasteiger partial charge < -0.3 is 15.2 Å². The van der Waals surface area contributed by atoms with Crippen LogP contribution in [0.5, 0.6) is 0 Å². The Morgan fingerprint density at radius 1 is 0.963 bits per heavy atom. The lowest BCUT2D eigenvalue weighted by Crippen LogP contribution is -2.34. The summed E-state index contributed by atoms with van der Waals surface area (Å²) >= 11 is 0. The molecule has 2 fully saturated rings. The lowest BCUT2D eigenvalue weighted by Gasteiger charge is -2.25. The first-order chi connectivity index (χ1) is 13.2. The molecule has 0 unspecified atom stereocenters. The van der Waals surface area contributed by atoms with Crippen molar-refractivity contribution in [2.45, 2.75) is 31.3 Å². The van der Waals surface area contributed by atoms with Gasteiger partial charge in [0.25, 0.3) is 0 Å². The minimum Gasteiger partial charge on any atom is -0.449 e. The topological polar surface area (TPSA) is 58.6 Å². The van der Waals surface area contributed by atoms with Crippen molar-refractivity contribution in [3.05, 3.63) is 59.7 Å². The average molecular weight is 363 g/mol. The Hall–Kier alpha value is -2.33. The molecule has 0 heterocycles. The number of alkyl carbamates (subject to hydrolysis) is 1. The van der Waals surface area contributed by atoms with Gasteiger partial charge in [0.2, 0.25) is 0 Å². The molecule has 2 saturated carbocycles. The number of carbonyl (C=O) groups excluding carboxylic acids is 1. The molecule has 4 atom stereocenters. The molecule has 27 heavy (non-hydrogen) atoms. The summed E-state index contributed by atoms with van der Waals surface area (Å²) in [5.41, 5.74) is 4.94. The van der Waals surface area contributed by atoms with Crippen LogP contribution in [0.2, 0.25) is 0 Å². The van der Waals surface area contributed by atoms with E-state index in [1.54, 1.807) is 0 Å². The maximum atomic E-state index is 12.3. The number of ether oxygens (including phenoxy) is 1. The SMILES string of the molecule is O=C(NC[C@@H]1C[C@H]2C[C@@H]1C[C@H]2O)OCC1c2ccccc2-c2ccccc21. The summed E-state index contributed by atoms with van der Waals surface area (Å²) < 4.78 is 5.60. The number of rotatable bonds is 4. The number of hydrogen-bond donors (Lipinski definition) is 2. The normalized spacial score (nSPS) is 28.0. The van der Waals surface area contributed by atoms with Gasteiger partial charge in [-0.25, -0.2) is 4.79 Å². The largest absolute Gasteiger partial charge is 0.449 e. The van der Waals surface area contributed by atoms with E-state index in [9.17, 15) is 9.90 Å². The standard InChI is InChI=1S/C23H25NO3/c25-22-11-14-9-15(22)10-16(14)12-24-23(26)27-13-21-19-7-3-1-5-17(19)18-6-2-4-8-20(18)21/h1-8,14-16,21-22,25H,9-13H2,(H,24,26)/t14-,15-,16+,22-/m1/s1. The number of fused-ring (bicyclic) bond motifs is 5. The third-order valence-corrected chi connectivity index (χ3v) is 6.82.